The van der Waals surface area contributed by atoms with E-state index in [4.69, 9.17) is 20.9 Å². The summed E-state index contributed by atoms with van der Waals surface area (Å²) in [6.45, 7) is 7.71. The molecule has 306 valence electrons. The fraction of sp³-hybridized carbons (Fsp3) is 0.548. The first-order valence-electron chi connectivity index (χ1n) is 19.6. The van der Waals surface area contributed by atoms with E-state index in [9.17, 15) is 32.9 Å². The lowest BCUT2D eigenvalue weighted by molar-refractivity contribution is -0.300. The number of ether oxygens (including phenoxy) is 2. The molecule has 57 heavy (non-hydrogen) atoms. The number of benzene rings is 2. The maximum Gasteiger partial charge on any atom is 0.417 e. The number of nitrogens with zero attached hydrogens (tertiary/aromatic N) is 5. The Labute approximate surface area is 328 Å². The number of aromatic hydroxyl groups is 1. The molecule has 3 atom stereocenters. The Balaban J connectivity index is 0.00000244. The largest absolute Gasteiger partial charge is 0.508 e. The molecule has 8 rings (SSSR count). The zero-order chi connectivity index (χ0) is 40.9. The fourth-order valence-corrected chi connectivity index (χ4v) is 9.48. The summed E-state index contributed by atoms with van der Waals surface area (Å²) in [6.07, 6.45) is 5.99. The molecule has 0 amide bonds. The Morgan fingerprint density at radius 2 is 1.82 bits per heavy atom. The summed E-state index contributed by atoms with van der Waals surface area (Å²) in [7, 11) is 0. The first kappa shape index (κ1) is 40.8. The first-order chi connectivity index (χ1) is 27.1. The number of anilines is 1. The molecule has 2 aliphatic heterocycles. The van der Waals surface area contributed by atoms with Gasteiger partial charge in [0.15, 0.2) is 11.4 Å². The number of aliphatic hydroxyl groups is 2. The average molecular weight is 798 g/mol. The zero-order valence-electron chi connectivity index (χ0n) is 32.3. The molecule has 4 heterocycles. The van der Waals surface area contributed by atoms with Crippen LogP contribution >= 0.6 is 0 Å². The van der Waals surface area contributed by atoms with Gasteiger partial charge in [-0.05, 0) is 81.5 Å². The van der Waals surface area contributed by atoms with Crippen LogP contribution in [-0.4, -0.2) is 105 Å². The van der Waals surface area contributed by atoms with Crippen LogP contribution in [0.15, 0.2) is 30.5 Å². The minimum Gasteiger partial charge on any atom is -0.508 e. The summed E-state index contributed by atoms with van der Waals surface area (Å²) in [5.41, 5.74) is -4.69. The van der Waals surface area contributed by atoms with Gasteiger partial charge in [0.2, 0.25) is 0 Å². The third kappa shape index (κ3) is 7.57. The van der Waals surface area contributed by atoms with Crippen molar-refractivity contribution in [2.24, 2.45) is 11.3 Å². The number of phenols is 1. The average Bonchev–Trinajstić information content (AvgIpc) is 3.51. The van der Waals surface area contributed by atoms with Gasteiger partial charge < -0.3 is 29.7 Å². The van der Waals surface area contributed by atoms with Gasteiger partial charge in [-0.1, -0.05) is 32.3 Å². The van der Waals surface area contributed by atoms with Crippen LogP contribution in [-0.2, 0) is 4.74 Å². The number of halogens is 5. The van der Waals surface area contributed by atoms with Gasteiger partial charge in [-0.25, -0.2) is 8.78 Å². The number of likely N-dealkylation sites (tertiary alicyclic amines) is 1. The predicted octanol–water partition coefficient (Wildman–Crippen LogP) is 7.14. The number of rotatable bonds is 7. The molecule has 0 spiro atoms. The Bertz CT molecular complexity index is 2190. The van der Waals surface area contributed by atoms with Crippen LogP contribution in [0.4, 0.5) is 27.8 Å². The van der Waals surface area contributed by atoms with Gasteiger partial charge in [0.05, 0.1) is 37.3 Å². The monoisotopic (exact) mass is 797 g/mol. The molecule has 4 aromatic rings. The quantitative estimate of drug-likeness (QED) is 0.131. The van der Waals surface area contributed by atoms with E-state index in [1.54, 1.807) is 11.8 Å². The number of hydrogen-bond donors (Lipinski definition) is 3. The number of phenolic OH excluding ortho intramolecular Hbond substituents is 1. The smallest absolute Gasteiger partial charge is 0.417 e. The highest BCUT2D eigenvalue weighted by Crippen LogP contribution is 2.52. The maximum absolute atomic E-state index is 17.0. The zero-order valence-corrected chi connectivity index (χ0v) is 32.3. The van der Waals surface area contributed by atoms with Crippen LogP contribution < -0.4 is 9.64 Å². The molecule has 4 aliphatic rings. The molecule has 10 nitrogen and oxygen atoms in total. The summed E-state index contributed by atoms with van der Waals surface area (Å²) in [5.74, 6) is 0.536. The van der Waals surface area contributed by atoms with E-state index in [0.29, 0.717) is 18.5 Å². The number of piperidine rings is 1. The van der Waals surface area contributed by atoms with Gasteiger partial charge >= 0.3 is 12.2 Å². The highest BCUT2D eigenvalue weighted by molar-refractivity contribution is 6.03. The van der Waals surface area contributed by atoms with Gasteiger partial charge in [0, 0.05) is 41.7 Å². The molecule has 4 fully saturated rings. The third-order valence-corrected chi connectivity index (χ3v) is 12.0. The van der Waals surface area contributed by atoms with Crippen molar-refractivity contribution in [1.82, 2.24) is 19.9 Å². The highest BCUT2D eigenvalue weighted by atomic mass is 19.4. The van der Waals surface area contributed by atoms with E-state index in [-0.39, 0.29) is 107 Å². The normalized spacial score (nSPS) is 27.9. The Morgan fingerprint density at radius 1 is 1.07 bits per heavy atom. The molecule has 15 heteroatoms. The standard InChI is InChI=1S/C40H42F5N5O5.C2H6/c1-3-26-29(41)8-7-24-14-25(51)15-27(31(24)26)33-32(42)34-28(18-46-33)35(50-12-13-54-21-37(2,52)20-50)48-36(47-34)55-22-38-9-4-6-30(38)49(11-5-10-38)19-23-16-39(53,17-23)40(43,44)45;1-2/h1,7-8,14-15,18,23,30,51-53H,4-6,9-13,16-17,19-22H2,2H3;1-2H3. The second-order valence-corrected chi connectivity index (χ2v) is 16.1. The van der Waals surface area contributed by atoms with Crippen molar-refractivity contribution in [2.75, 3.05) is 50.9 Å². The number of terminal acetylenes is 1. The van der Waals surface area contributed by atoms with Crippen molar-refractivity contribution in [1.29, 1.82) is 0 Å². The second-order valence-electron chi connectivity index (χ2n) is 16.1. The van der Waals surface area contributed by atoms with E-state index in [1.165, 1.54) is 30.5 Å². The van der Waals surface area contributed by atoms with E-state index < -0.39 is 29.0 Å². The van der Waals surface area contributed by atoms with Crippen molar-refractivity contribution < 1.29 is 46.7 Å². The predicted molar refractivity (Wildman–Crippen MR) is 205 cm³/mol. The Kier molecular flexibility index (Phi) is 11.1. The fourth-order valence-electron chi connectivity index (χ4n) is 9.48. The number of β-amino-alcohol motifs (C(OH)–C–C–N with tert-alkyl or cyclic N) is 1. The van der Waals surface area contributed by atoms with E-state index in [0.717, 1.165) is 38.6 Å². The molecule has 2 saturated carbocycles. The Hall–Kier alpha value is -4.36. The van der Waals surface area contributed by atoms with Crippen LogP contribution in [0.3, 0.4) is 0 Å². The minimum absolute atomic E-state index is 0.0379. The summed E-state index contributed by atoms with van der Waals surface area (Å²) in [4.78, 5) is 17.8. The van der Waals surface area contributed by atoms with Gasteiger partial charge in [-0.2, -0.15) is 23.1 Å². The van der Waals surface area contributed by atoms with E-state index in [1.807, 2.05) is 13.8 Å². The first-order valence-corrected chi connectivity index (χ1v) is 19.6. The number of hydrogen-bond acceptors (Lipinski definition) is 10. The van der Waals surface area contributed by atoms with Crippen LogP contribution in [0.5, 0.6) is 11.8 Å². The molecule has 2 saturated heterocycles. The molecular formula is C42H48F5N5O5. The van der Waals surface area contributed by atoms with Gasteiger partial charge in [0.25, 0.3) is 0 Å². The van der Waals surface area contributed by atoms with Crippen LogP contribution in [0, 0.1) is 35.3 Å². The topological polar surface area (TPSA) is 124 Å². The highest BCUT2D eigenvalue weighted by Gasteiger charge is 2.61. The minimum atomic E-state index is -4.65. The summed E-state index contributed by atoms with van der Waals surface area (Å²) < 4.78 is 84.1. The van der Waals surface area contributed by atoms with Crippen LogP contribution in [0.1, 0.15) is 71.3 Å². The van der Waals surface area contributed by atoms with Crippen molar-refractivity contribution in [3.63, 3.8) is 0 Å². The number of fused-ring (bicyclic) bond motifs is 3. The lowest BCUT2D eigenvalue weighted by Gasteiger charge is -2.51. The van der Waals surface area contributed by atoms with Crippen molar-refractivity contribution >= 4 is 27.5 Å². The molecule has 3 N–H and O–H groups in total. The van der Waals surface area contributed by atoms with Crippen LogP contribution in [0.25, 0.3) is 32.9 Å². The SMILES string of the molecule is C#Cc1c(F)ccc2cc(O)cc(-c3ncc4c(N5CCOCC(C)(O)C5)nc(OCC56CCCC5N(CC5CC(O)(C(F)(F)F)C5)CCC6)nc4c3F)c12.CC. The number of aromatic nitrogens is 3. The summed E-state index contributed by atoms with van der Waals surface area (Å²) in [6, 6.07) is 5.19. The lowest BCUT2D eigenvalue weighted by atomic mass is 9.69. The second kappa shape index (κ2) is 15.4. The van der Waals surface area contributed by atoms with Crippen molar-refractivity contribution in [3.05, 3.63) is 47.7 Å². The molecule has 0 radical (unpaired) electrons. The number of pyridine rings is 1. The van der Waals surface area contributed by atoms with Gasteiger partial charge in [0.1, 0.15) is 34.2 Å². The molecule has 2 aliphatic carbocycles. The van der Waals surface area contributed by atoms with Crippen molar-refractivity contribution in [3.8, 4) is 35.4 Å². The number of alkyl halides is 3. The van der Waals surface area contributed by atoms with E-state index >= 15 is 4.39 Å². The van der Waals surface area contributed by atoms with E-state index in [2.05, 4.69) is 20.8 Å². The van der Waals surface area contributed by atoms with Gasteiger partial charge in [-0.15, -0.1) is 6.42 Å². The van der Waals surface area contributed by atoms with Gasteiger partial charge in [-0.3, -0.25) is 9.88 Å². The molecule has 2 aromatic carbocycles. The lowest BCUT2D eigenvalue weighted by Crippen LogP contribution is -2.59. The summed E-state index contributed by atoms with van der Waals surface area (Å²) in [5, 5.41) is 32.5. The third-order valence-electron chi connectivity index (χ3n) is 12.0. The Morgan fingerprint density at radius 3 is 2.56 bits per heavy atom. The molecule has 3 unspecified atom stereocenters. The molecule has 2 aromatic heterocycles. The maximum atomic E-state index is 17.0. The molecule has 0 bridgehead atoms. The van der Waals surface area contributed by atoms with Crippen LogP contribution in [0.2, 0.25) is 0 Å². The summed E-state index contributed by atoms with van der Waals surface area (Å²) >= 11 is 0. The van der Waals surface area contributed by atoms with Crippen molar-refractivity contribution in [2.45, 2.75) is 89.1 Å². The molecular weight excluding hydrogens is 749 g/mol.